The molecule has 1 aromatic heterocycles. The second kappa shape index (κ2) is 5.11. The van der Waals surface area contributed by atoms with Crippen LogP contribution >= 0.6 is 0 Å². The molecular weight excluding hydrogens is 340 g/mol. The number of hydrogen-bond acceptors (Lipinski definition) is 2. The normalized spacial score (nSPS) is 14.6. The molecule has 0 saturated carbocycles. The van der Waals surface area contributed by atoms with E-state index in [0.717, 1.165) is 19.3 Å². The van der Waals surface area contributed by atoms with Crippen molar-refractivity contribution in [3.63, 3.8) is 0 Å². The molecule has 28 heavy (non-hydrogen) atoms. The molecule has 0 saturated heterocycles. The van der Waals surface area contributed by atoms with Crippen LogP contribution in [0.2, 0.25) is 0 Å². The standard InChI is InChI=1S/C26H18N2/c1-2-7-22-16(4-1)12-17-8-9-20-13-18-5-3-6-19-14-21-15-27-11-10-23(21)28(25(18)19)26(20)24(17)22/h1-11,15H,12-14H2. The molecule has 1 aliphatic carbocycles. The predicted octanol–water partition coefficient (Wildman–Crippen LogP) is 5.93. The van der Waals surface area contributed by atoms with Gasteiger partial charge in [-0.25, -0.2) is 0 Å². The summed E-state index contributed by atoms with van der Waals surface area (Å²) in [5.74, 6) is 0. The molecule has 0 N–H and O–H groups in total. The second-order valence-electron chi connectivity index (χ2n) is 8.06. The Morgan fingerprint density at radius 1 is 0.607 bits per heavy atom. The van der Waals surface area contributed by atoms with E-state index in [9.17, 15) is 0 Å². The SMILES string of the molecule is c1ccc2c(c1)Cc1ccc3c(c1-2)N1c2ccncc2Cc2cccc(c21)C3. The summed E-state index contributed by atoms with van der Waals surface area (Å²) in [5, 5.41) is 0. The topological polar surface area (TPSA) is 16.1 Å². The summed E-state index contributed by atoms with van der Waals surface area (Å²) in [6.45, 7) is 0. The van der Waals surface area contributed by atoms with Gasteiger partial charge in [-0.15, -0.1) is 0 Å². The van der Waals surface area contributed by atoms with Gasteiger partial charge in [0.25, 0.3) is 0 Å². The number of benzene rings is 3. The monoisotopic (exact) mass is 358 g/mol. The minimum Gasteiger partial charge on any atom is -0.309 e. The molecule has 0 bridgehead atoms. The molecule has 0 amide bonds. The highest BCUT2D eigenvalue weighted by Crippen LogP contribution is 2.55. The van der Waals surface area contributed by atoms with Crippen LogP contribution in [0.3, 0.4) is 0 Å². The highest BCUT2D eigenvalue weighted by molar-refractivity contribution is 5.99. The van der Waals surface area contributed by atoms with E-state index in [-0.39, 0.29) is 0 Å². The van der Waals surface area contributed by atoms with Crippen molar-refractivity contribution < 1.29 is 0 Å². The maximum atomic E-state index is 4.42. The Morgan fingerprint density at radius 3 is 2.25 bits per heavy atom. The fraction of sp³-hybridized carbons (Fsp3) is 0.115. The zero-order valence-corrected chi connectivity index (χ0v) is 15.4. The van der Waals surface area contributed by atoms with Gasteiger partial charge in [0.2, 0.25) is 0 Å². The van der Waals surface area contributed by atoms with Crippen LogP contribution in [0.5, 0.6) is 0 Å². The average Bonchev–Trinajstić information content (AvgIpc) is 3.12. The molecule has 0 atom stereocenters. The summed E-state index contributed by atoms with van der Waals surface area (Å²) >= 11 is 0. The second-order valence-corrected chi connectivity index (χ2v) is 8.06. The van der Waals surface area contributed by atoms with Crippen molar-refractivity contribution in [1.82, 2.24) is 4.98 Å². The van der Waals surface area contributed by atoms with Crippen molar-refractivity contribution in [3.05, 3.63) is 106 Å². The fourth-order valence-corrected chi connectivity index (χ4v) is 5.40. The van der Waals surface area contributed by atoms with E-state index in [0.29, 0.717) is 0 Å². The molecule has 0 radical (unpaired) electrons. The van der Waals surface area contributed by atoms with Crippen LogP contribution < -0.4 is 4.90 Å². The molecule has 2 nitrogen and oxygen atoms in total. The summed E-state index contributed by atoms with van der Waals surface area (Å²) in [6, 6.07) is 22.6. The number of anilines is 3. The lowest BCUT2D eigenvalue weighted by molar-refractivity contribution is 1.000. The van der Waals surface area contributed by atoms with E-state index >= 15 is 0 Å². The van der Waals surface area contributed by atoms with Gasteiger partial charge in [0, 0.05) is 30.8 Å². The van der Waals surface area contributed by atoms with Crippen molar-refractivity contribution in [2.45, 2.75) is 19.3 Å². The quantitative estimate of drug-likeness (QED) is 0.334. The fourth-order valence-electron chi connectivity index (χ4n) is 5.40. The predicted molar refractivity (Wildman–Crippen MR) is 113 cm³/mol. The van der Waals surface area contributed by atoms with E-state index in [4.69, 9.17) is 0 Å². The lowest BCUT2D eigenvalue weighted by atomic mass is 9.84. The lowest BCUT2D eigenvalue weighted by Crippen LogP contribution is -2.25. The van der Waals surface area contributed by atoms with Gasteiger partial charge in [-0.3, -0.25) is 4.98 Å². The van der Waals surface area contributed by atoms with E-state index in [1.54, 1.807) is 0 Å². The third kappa shape index (κ3) is 1.75. The molecular formula is C26H18N2. The minimum absolute atomic E-state index is 0.962. The van der Waals surface area contributed by atoms with Crippen LogP contribution in [-0.4, -0.2) is 4.98 Å². The van der Waals surface area contributed by atoms with Crippen molar-refractivity contribution in [2.75, 3.05) is 4.90 Å². The van der Waals surface area contributed by atoms with Crippen molar-refractivity contribution >= 4 is 17.1 Å². The van der Waals surface area contributed by atoms with Crippen molar-refractivity contribution in [2.24, 2.45) is 0 Å². The maximum Gasteiger partial charge on any atom is 0.0578 e. The van der Waals surface area contributed by atoms with Crippen LogP contribution in [0.25, 0.3) is 11.1 Å². The Labute approximate surface area is 164 Å². The van der Waals surface area contributed by atoms with E-state index < -0.39 is 0 Å². The summed E-state index contributed by atoms with van der Waals surface area (Å²) < 4.78 is 0. The zero-order valence-electron chi connectivity index (χ0n) is 15.4. The first-order valence-corrected chi connectivity index (χ1v) is 9.95. The molecule has 3 heterocycles. The van der Waals surface area contributed by atoms with Crippen molar-refractivity contribution in [3.8, 4) is 11.1 Å². The summed E-state index contributed by atoms with van der Waals surface area (Å²) in [6.07, 6.45) is 6.97. The third-order valence-corrected chi connectivity index (χ3v) is 6.55. The molecule has 2 heteroatoms. The highest BCUT2D eigenvalue weighted by atomic mass is 15.2. The summed E-state index contributed by atoms with van der Waals surface area (Å²) in [7, 11) is 0. The van der Waals surface area contributed by atoms with Gasteiger partial charge in [-0.1, -0.05) is 54.6 Å². The molecule has 0 fully saturated rings. The number of hydrogen-bond donors (Lipinski definition) is 0. The molecule has 2 aliphatic heterocycles. The molecule has 0 spiro atoms. The molecule has 4 aromatic rings. The Morgan fingerprint density at radius 2 is 1.32 bits per heavy atom. The van der Waals surface area contributed by atoms with Crippen LogP contribution in [0, 0.1) is 0 Å². The number of rotatable bonds is 0. The molecule has 132 valence electrons. The molecule has 3 aliphatic rings. The molecule has 3 aromatic carbocycles. The number of fused-ring (bicyclic) bond motifs is 8. The summed E-state index contributed by atoms with van der Waals surface area (Å²) in [5.41, 5.74) is 15.4. The van der Waals surface area contributed by atoms with Gasteiger partial charge in [0.1, 0.15) is 0 Å². The third-order valence-electron chi connectivity index (χ3n) is 6.55. The van der Waals surface area contributed by atoms with Gasteiger partial charge in [0.15, 0.2) is 0 Å². The average molecular weight is 358 g/mol. The largest absolute Gasteiger partial charge is 0.309 e. The van der Waals surface area contributed by atoms with Crippen LogP contribution in [0.1, 0.15) is 33.4 Å². The number of nitrogens with zero attached hydrogens (tertiary/aromatic N) is 2. The number of aromatic nitrogens is 1. The Bertz CT molecular complexity index is 1290. The number of para-hydroxylation sites is 1. The van der Waals surface area contributed by atoms with Crippen LogP contribution in [-0.2, 0) is 19.3 Å². The Balaban J connectivity index is 1.60. The molecule has 7 rings (SSSR count). The van der Waals surface area contributed by atoms with Gasteiger partial charge in [-0.05, 0) is 51.4 Å². The first kappa shape index (κ1) is 14.6. The van der Waals surface area contributed by atoms with Gasteiger partial charge < -0.3 is 4.90 Å². The smallest absolute Gasteiger partial charge is 0.0578 e. The number of pyridine rings is 1. The van der Waals surface area contributed by atoms with Gasteiger partial charge >= 0.3 is 0 Å². The highest BCUT2D eigenvalue weighted by Gasteiger charge is 2.35. The zero-order chi connectivity index (χ0) is 18.2. The van der Waals surface area contributed by atoms with Gasteiger partial charge in [0.05, 0.1) is 17.1 Å². The first-order valence-electron chi connectivity index (χ1n) is 9.95. The van der Waals surface area contributed by atoms with Crippen LogP contribution in [0.4, 0.5) is 17.1 Å². The Hall–Kier alpha value is -3.39. The van der Waals surface area contributed by atoms with Crippen molar-refractivity contribution in [1.29, 1.82) is 0 Å². The van der Waals surface area contributed by atoms with E-state index in [1.807, 2.05) is 12.4 Å². The lowest BCUT2D eigenvalue weighted by Gasteiger charge is -2.40. The maximum absolute atomic E-state index is 4.42. The minimum atomic E-state index is 0.962. The van der Waals surface area contributed by atoms with E-state index in [2.05, 4.69) is 70.5 Å². The van der Waals surface area contributed by atoms with E-state index in [1.165, 1.54) is 61.6 Å². The Kier molecular flexibility index (Phi) is 2.67. The summed E-state index contributed by atoms with van der Waals surface area (Å²) in [4.78, 5) is 6.95. The van der Waals surface area contributed by atoms with Gasteiger partial charge in [-0.2, -0.15) is 0 Å². The molecule has 0 unspecified atom stereocenters. The first-order chi connectivity index (χ1) is 13.9. The van der Waals surface area contributed by atoms with Crippen LogP contribution in [0.15, 0.2) is 73.1 Å².